The van der Waals surface area contributed by atoms with Gasteiger partial charge in [0.1, 0.15) is 0 Å². The second kappa shape index (κ2) is 79.9. The average molecular weight is 2100 g/mol. The number of halogens is 4. The number of rotatable bonds is 16. The number of aromatic nitrogens is 12. The fourth-order valence-corrected chi connectivity index (χ4v) is 9.21. The van der Waals surface area contributed by atoms with Gasteiger partial charge in [0.25, 0.3) is 0 Å². The molecule has 18 nitrogen and oxygen atoms in total. The third-order valence-electron chi connectivity index (χ3n) is 13.7. The number of hydrogen-bond acceptors (Lipinski definition) is 10. The van der Waals surface area contributed by atoms with Gasteiger partial charge in [0.15, 0.2) is 0 Å². The van der Waals surface area contributed by atoms with E-state index >= 15 is 0 Å². The summed E-state index contributed by atoms with van der Waals surface area (Å²) in [5, 5.41) is 62.0. The molecule has 0 aromatic carbocycles. The Morgan fingerprint density at radius 1 is 0.319 bits per heavy atom. The summed E-state index contributed by atoms with van der Waals surface area (Å²) in [6.45, 7) is 53.0. The van der Waals surface area contributed by atoms with Gasteiger partial charge in [-0.15, -0.1) is 46.4 Å². The second-order valence-corrected chi connectivity index (χ2v) is 21.0. The van der Waals surface area contributed by atoms with Gasteiger partial charge in [0.2, 0.25) is 0 Å². The predicted molar refractivity (Wildman–Crippen MR) is 413 cm³/mol. The molecule has 0 fully saturated rings. The first-order chi connectivity index (χ1) is 38.7. The van der Waals surface area contributed by atoms with Crippen molar-refractivity contribution in [1.29, 1.82) is 0 Å². The van der Waals surface area contributed by atoms with Gasteiger partial charge in [-0.3, -0.25) is 0 Å². The molecule has 6 heterocycles. The molecular formula is C54H92B2Cl4Cu4N18S10W2-8. The standard InChI is InChI=1S/2C15H22BN6.2C8H20N.2C2H4Cl2.4CNS.4Cu.6S.2W/c2*1-10-7-13(4)20(17-10)16(21-14(5)8-11(2)18-21)22-15(6)9-12(3)19-22;2*1-5-9(6-2,7-3)8-4;2*3-1-2-4;4*2-1-3;;;;;;;;;;;;/h2*7-9,16H,1-6H3;2*5-8H2,1-4H3;2*1-2H2;;;;;;;;;;;;;;;;/q2*-1;2*+1;;;4*-1;4*+2;6*-2;;. The average Bonchev–Trinajstić information content (AvgIpc) is 4.36. The Kier molecular flexibility index (Phi) is 115. The molecule has 0 saturated carbocycles. The fraction of sp³-hybridized carbons (Fsp3) is 0.593. The molecule has 0 unspecified atom stereocenters. The minimum atomic E-state index is -1.26. The van der Waals surface area contributed by atoms with Crippen molar-refractivity contribution in [3.05, 3.63) is 126 Å². The first-order valence-corrected chi connectivity index (χ1v) is 31.0. The van der Waals surface area contributed by atoms with Gasteiger partial charge in [-0.1, -0.05) is 48.9 Å². The summed E-state index contributed by atoms with van der Waals surface area (Å²) in [4.78, 5) is 0. The maximum absolute atomic E-state index is 7.13. The van der Waals surface area contributed by atoms with Crippen molar-refractivity contribution < 1.29 is 119 Å². The molecule has 94 heavy (non-hydrogen) atoms. The van der Waals surface area contributed by atoms with Crippen LogP contribution in [0, 0.1) is 83.1 Å². The Bertz CT molecular complexity index is 2380. The molecule has 6 aromatic heterocycles. The zero-order chi connectivity index (χ0) is 64.3. The number of hydrogen-bond donors (Lipinski definition) is 0. The number of nitrogens with zero attached hydrogens (tertiary/aromatic N) is 18. The van der Waals surface area contributed by atoms with E-state index in [4.69, 9.17) is 98.6 Å². The number of quaternary nitrogens is 2. The second-order valence-electron chi connectivity index (χ2n) is 18.7. The van der Waals surface area contributed by atoms with Gasteiger partial charge in [-0.05, 0) is 209 Å². The summed E-state index contributed by atoms with van der Waals surface area (Å²) in [6.07, 6.45) is 0. The third-order valence-corrected chi connectivity index (χ3v) is 14.9. The monoisotopic (exact) mass is 2090 g/mol. The van der Waals surface area contributed by atoms with Crippen LogP contribution in [0.5, 0.6) is 0 Å². The van der Waals surface area contributed by atoms with Gasteiger partial charge in [0.05, 0.1) is 86.5 Å². The molecule has 6 aromatic rings. The molecule has 6 rings (SSSR count). The van der Waals surface area contributed by atoms with Crippen molar-refractivity contribution >= 4 is 211 Å². The topological polar surface area (TPSA) is 196 Å². The van der Waals surface area contributed by atoms with Crippen molar-refractivity contribution in [2.24, 2.45) is 0 Å². The number of thiocarbonyl (C=S) groups is 4. The van der Waals surface area contributed by atoms with Crippen LogP contribution >= 0.6 is 95.3 Å². The number of aryl methyl sites for hydroxylation is 12. The van der Waals surface area contributed by atoms with E-state index in [9.17, 15) is 0 Å². The summed E-state index contributed by atoms with van der Waals surface area (Å²) in [5.74, 6) is 2.23. The molecule has 0 aliphatic heterocycles. The molecule has 0 aliphatic rings. The van der Waals surface area contributed by atoms with E-state index < -0.39 is 14.2 Å². The quantitative estimate of drug-likeness (QED) is 0.0296. The van der Waals surface area contributed by atoms with Crippen LogP contribution in [0.25, 0.3) is 21.6 Å². The van der Waals surface area contributed by atoms with Crippen LogP contribution in [0.4, 0.5) is 0 Å². The molecule has 0 N–H and O–H groups in total. The summed E-state index contributed by atoms with van der Waals surface area (Å²) in [7, 11) is -2.52. The minimum absolute atomic E-state index is 0. The fourth-order valence-electron chi connectivity index (χ4n) is 9.21. The van der Waals surface area contributed by atoms with Crippen LogP contribution in [0.3, 0.4) is 0 Å². The van der Waals surface area contributed by atoms with Gasteiger partial charge < -0.3 is 139 Å². The molecule has 0 saturated heterocycles. The van der Waals surface area contributed by atoms with Crippen LogP contribution in [-0.2, 0) is 191 Å². The van der Waals surface area contributed by atoms with E-state index in [-0.39, 0.29) is 191 Å². The first kappa shape index (κ1) is 135. The van der Waals surface area contributed by atoms with Gasteiger partial charge >= 0.3 is 82.5 Å². The third kappa shape index (κ3) is 52.2. The largest absolute Gasteiger partial charge is 2.00 e. The Labute approximate surface area is 720 Å². The van der Waals surface area contributed by atoms with Crippen LogP contribution in [0.2, 0.25) is 0 Å². The van der Waals surface area contributed by atoms with Gasteiger partial charge in [0, 0.05) is 65.7 Å². The normalized spacial score (nSPS) is 8.70. The van der Waals surface area contributed by atoms with E-state index in [0.717, 1.165) is 68.3 Å². The van der Waals surface area contributed by atoms with Gasteiger partial charge in [-0.2, -0.15) is 20.6 Å². The Balaban J connectivity index is -0.0000000562. The maximum Gasteiger partial charge on any atom is 2.00 e. The first-order valence-electron chi connectivity index (χ1n) is 27.2. The Morgan fingerprint density at radius 2 is 0.415 bits per heavy atom. The van der Waals surface area contributed by atoms with Crippen molar-refractivity contribution in [1.82, 2.24) is 58.1 Å². The molecule has 556 valence electrons. The molecule has 0 bridgehead atoms. The summed E-state index contributed by atoms with van der Waals surface area (Å²) in [6, 6.07) is 12.6. The van der Waals surface area contributed by atoms with E-state index in [1.54, 1.807) is 0 Å². The summed E-state index contributed by atoms with van der Waals surface area (Å²) < 4.78 is 14.9. The predicted octanol–water partition coefficient (Wildman–Crippen LogP) is 12.9. The Morgan fingerprint density at radius 3 is 0.457 bits per heavy atom. The minimum Gasteiger partial charge on any atom is -2.00 e. The van der Waals surface area contributed by atoms with Crippen LogP contribution in [0.15, 0.2) is 36.4 Å². The smallest absolute Gasteiger partial charge is 2.00 e. The van der Waals surface area contributed by atoms with Crippen molar-refractivity contribution in [2.45, 2.75) is 138 Å². The molecule has 0 aliphatic carbocycles. The maximum atomic E-state index is 7.13. The molecule has 0 atom stereocenters. The van der Waals surface area contributed by atoms with E-state index in [1.807, 2.05) is 41.5 Å². The van der Waals surface area contributed by atoms with E-state index in [1.165, 1.54) is 82.0 Å². The number of isothiocyanates is 4. The Hall–Kier alpha value is 1.22. The molecule has 40 heteroatoms. The van der Waals surface area contributed by atoms with Crippen molar-refractivity contribution in [3.63, 3.8) is 0 Å². The van der Waals surface area contributed by atoms with Crippen LogP contribution in [-0.4, -0.2) is 178 Å². The van der Waals surface area contributed by atoms with Crippen molar-refractivity contribution in [3.8, 4) is 0 Å². The zero-order valence-electron chi connectivity index (χ0n) is 57.0. The van der Waals surface area contributed by atoms with Gasteiger partial charge in [-0.25, -0.2) is 30.6 Å². The van der Waals surface area contributed by atoms with E-state index in [2.05, 4.69) is 210 Å². The van der Waals surface area contributed by atoms with E-state index in [0.29, 0.717) is 23.5 Å². The molecule has 0 spiro atoms. The summed E-state index contributed by atoms with van der Waals surface area (Å²) in [5.41, 5.74) is 12.8. The zero-order valence-corrected chi connectivity index (χ0v) is 77.9. The molecule has 0 amide bonds. The van der Waals surface area contributed by atoms with Crippen molar-refractivity contribution in [2.75, 3.05) is 75.9 Å². The van der Waals surface area contributed by atoms with Crippen LogP contribution < -0.4 is 0 Å². The van der Waals surface area contributed by atoms with Crippen LogP contribution in [0.1, 0.15) is 124 Å². The SMILES string of the molecule is CC[N+](CC)(CC)CC.CC[N+](CC)(CC)CC.Cc1cc(C)n([BH-](n2nc(C)cc2C)n2nc(C)cc2C)n1.Cc1cc(C)n([BH-](n2nc(C)cc2C)n2nc(C)cc2C)n1.ClCCCl.ClCCCl.[Cu+2].[Cu+2].[Cu+2].[Cu+2].[N-]=C=S.[N-]=C=S.[N-]=C=S.[N-]=C=S.[S-2].[S-2].[S-2].[S-2].[S-2].[S-2].[W].[W]. The summed E-state index contributed by atoms with van der Waals surface area (Å²) >= 11 is 35.0. The molecular weight excluding hydrogens is 2010 g/mol. The molecule has 4 radical (unpaired) electrons. The number of alkyl halides is 4.